The molecule has 0 aromatic rings. The SMILES string of the molecule is CC(C)C1CC2CC3CC(C)C1C32. The Kier molecular flexibility index (Phi) is 1.61. The van der Waals surface area contributed by atoms with Crippen molar-refractivity contribution in [1.29, 1.82) is 0 Å². The van der Waals surface area contributed by atoms with E-state index in [1.165, 1.54) is 5.92 Å². The van der Waals surface area contributed by atoms with E-state index in [1.54, 1.807) is 19.3 Å². The fourth-order valence-electron chi connectivity index (χ4n) is 4.97. The molecule has 3 rings (SSSR count). The molecule has 0 N–H and O–H groups in total. The molecule has 0 heteroatoms. The second kappa shape index (κ2) is 2.52. The van der Waals surface area contributed by atoms with Gasteiger partial charge in [0.05, 0.1) is 0 Å². The highest BCUT2D eigenvalue weighted by atomic mass is 14.6. The second-order valence-electron chi connectivity index (χ2n) is 6.27. The van der Waals surface area contributed by atoms with Crippen molar-refractivity contribution in [3.8, 4) is 0 Å². The lowest BCUT2D eigenvalue weighted by atomic mass is 9.68. The molecule has 0 aromatic carbocycles. The molecule has 6 unspecified atom stereocenters. The summed E-state index contributed by atoms with van der Waals surface area (Å²) in [7, 11) is 0. The predicted octanol–water partition coefficient (Wildman–Crippen LogP) is 3.57. The van der Waals surface area contributed by atoms with Gasteiger partial charge in [-0.2, -0.15) is 0 Å². The van der Waals surface area contributed by atoms with Gasteiger partial charge in [0.25, 0.3) is 0 Å². The van der Waals surface area contributed by atoms with Crippen molar-refractivity contribution in [1.82, 2.24) is 0 Å². The van der Waals surface area contributed by atoms with E-state index in [-0.39, 0.29) is 0 Å². The van der Waals surface area contributed by atoms with Gasteiger partial charge >= 0.3 is 0 Å². The van der Waals surface area contributed by atoms with Gasteiger partial charge in [-0.05, 0) is 60.7 Å². The topological polar surface area (TPSA) is 0 Å². The second-order valence-corrected chi connectivity index (χ2v) is 6.27. The van der Waals surface area contributed by atoms with Crippen LogP contribution in [0.15, 0.2) is 0 Å². The summed E-state index contributed by atoms with van der Waals surface area (Å²) in [5.74, 6) is 7.71. The van der Waals surface area contributed by atoms with Crippen molar-refractivity contribution in [2.75, 3.05) is 0 Å². The van der Waals surface area contributed by atoms with Gasteiger partial charge in [0.15, 0.2) is 0 Å². The minimum Gasteiger partial charge on any atom is -0.0625 e. The molecule has 0 aliphatic heterocycles. The zero-order valence-corrected chi connectivity index (χ0v) is 9.16. The van der Waals surface area contributed by atoms with Crippen LogP contribution in [0.25, 0.3) is 0 Å². The standard InChI is InChI=1S/C13H22/c1-7(2)11-6-10-5-9-4-8(3)12(11)13(9)10/h7-13H,4-6H2,1-3H3. The third-order valence-electron chi connectivity index (χ3n) is 5.40. The van der Waals surface area contributed by atoms with Gasteiger partial charge in [-0.25, -0.2) is 0 Å². The van der Waals surface area contributed by atoms with Gasteiger partial charge in [-0.15, -0.1) is 0 Å². The molecule has 3 aliphatic carbocycles. The van der Waals surface area contributed by atoms with Gasteiger partial charge in [-0.3, -0.25) is 0 Å². The molecule has 0 bridgehead atoms. The lowest BCUT2D eigenvalue weighted by Gasteiger charge is -2.37. The monoisotopic (exact) mass is 178 g/mol. The van der Waals surface area contributed by atoms with Crippen molar-refractivity contribution in [3.63, 3.8) is 0 Å². The molecule has 0 heterocycles. The lowest BCUT2D eigenvalue weighted by Crippen LogP contribution is -2.30. The van der Waals surface area contributed by atoms with Gasteiger partial charge in [-0.1, -0.05) is 20.8 Å². The summed E-state index contributed by atoms with van der Waals surface area (Å²) < 4.78 is 0. The van der Waals surface area contributed by atoms with Crippen LogP contribution in [-0.2, 0) is 0 Å². The smallest absolute Gasteiger partial charge is 0.0323 e. The summed E-state index contributed by atoms with van der Waals surface area (Å²) in [5, 5.41) is 0. The Morgan fingerprint density at radius 3 is 2.31 bits per heavy atom. The summed E-state index contributed by atoms with van der Waals surface area (Å²) in [4.78, 5) is 0. The van der Waals surface area contributed by atoms with Gasteiger partial charge in [0.1, 0.15) is 0 Å². The third kappa shape index (κ3) is 0.926. The molecular formula is C13H22. The quantitative estimate of drug-likeness (QED) is 0.576. The van der Waals surface area contributed by atoms with Crippen molar-refractivity contribution >= 4 is 0 Å². The molecule has 3 aliphatic rings. The van der Waals surface area contributed by atoms with Crippen molar-refractivity contribution in [2.24, 2.45) is 41.4 Å². The minimum absolute atomic E-state index is 0.941. The van der Waals surface area contributed by atoms with Gasteiger partial charge < -0.3 is 0 Å². The van der Waals surface area contributed by atoms with E-state index in [4.69, 9.17) is 0 Å². The molecule has 13 heavy (non-hydrogen) atoms. The molecule has 3 saturated carbocycles. The average Bonchev–Trinajstić information content (AvgIpc) is 2.43. The summed E-state index contributed by atoms with van der Waals surface area (Å²) in [6.45, 7) is 7.39. The number of rotatable bonds is 1. The normalized spacial score (nSPS) is 58.2. The zero-order chi connectivity index (χ0) is 9.16. The first-order chi connectivity index (χ1) is 6.18. The Balaban J connectivity index is 1.87. The van der Waals surface area contributed by atoms with E-state index < -0.39 is 0 Å². The Bertz CT molecular complexity index is 218. The van der Waals surface area contributed by atoms with E-state index in [9.17, 15) is 0 Å². The van der Waals surface area contributed by atoms with E-state index >= 15 is 0 Å². The molecular weight excluding hydrogens is 156 g/mol. The first-order valence-electron chi connectivity index (χ1n) is 6.18. The lowest BCUT2D eigenvalue weighted by molar-refractivity contribution is 0.115. The zero-order valence-electron chi connectivity index (χ0n) is 9.16. The van der Waals surface area contributed by atoms with Crippen LogP contribution in [0, 0.1) is 41.4 Å². The summed E-state index contributed by atoms with van der Waals surface area (Å²) in [5.41, 5.74) is 0. The first-order valence-corrected chi connectivity index (χ1v) is 6.18. The molecule has 0 radical (unpaired) electrons. The minimum atomic E-state index is 0.941. The summed E-state index contributed by atoms with van der Waals surface area (Å²) in [6.07, 6.45) is 4.73. The average molecular weight is 178 g/mol. The first kappa shape index (κ1) is 8.32. The van der Waals surface area contributed by atoms with E-state index in [0.717, 1.165) is 35.5 Å². The Labute approximate surface area is 82.1 Å². The van der Waals surface area contributed by atoms with Crippen LogP contribution in [0.5, 0.6) is 0 Å². The van der Waals surface area contributed by atoms with Crippen LogP contribution in [0.3, 0.4) is 0 Å². The highest BCUT2D eigenvalue weighted by Gasteiger charge is 2.59. The van der Waals surface area contributed by atoms with Crippen LogP contribution in [0.1, 0.15) is 40.0 Å². The van der Waals surface area contributed by atoms with E-state index in [0.29, 0.717) is 0 Å². The van der Waals surface area contributed by atoms with Crippen LogP contribution in [0.2, 0.25) is 0 Å². The molecule has 6 atom stereocenters. The number of hydrogen-bond donors (Lipinski definition) is 0. The van der Waals surface area contributed by atoms with Gasteiger partial charge in [0, 0.05) is 0 Å². The maximum absolute atomic E-state index is 2.51. The number of hydrogen-bond acceptors (Lipinski definition) is 0. The maximum Gasteiger partial charge on any atom is -0.0323 e. The maximum atomic E-state index is 2.51. The molecule has 0 spiro atoms. The predicted molar refractivity (Wildman–Crippen MR) is 55.3 cm³/mol. The Hall–Kier alpha value is 0. The molecule has 74 valence electrons. The third-order valence-corrected chi connectivity index (χ3v) is 5.40. The van der Waals surface area contributed by atoms with Crippen molar-refractivity contribution in [2.45, 2.75) is 40.0 Å². The fourth-order valence-corrected chi connectivity index (χ4v) is 4.97. The molecule has 0 amide bonds. The van der Waals surface area contributed by atoms with Crippen LogP contribution < -0.4 is 0 Å². The van der Waals surface area contributed by atoms with Crippen molar-refractivity contribution in [3.05, 3.63) is 0 Å². The van der Waals surface area contributed by atoms with Crippen LogP contribution in [-0.4, -0.2) is 0 Å². The molecule has 0 aromatic heterocycles. The van der Waals surface area contributed by atoms with Crippen LogP contribution in [0.4, 0.5) is 0 Å². The van der Waals surface area contributed by atoms with Crippen LogP contribution >= 0.6 is 0 Å². The fraction of sp³-hybridized carbons (Fsp3) is 1.00. The van der Waals surface area contributed by atoms with Crippen molar-refractivity contribution < 1.29 is 0 Å². The highest BCUT2D eigenvalue weighted by Crippen LogP contribution is 2.66. The highest BCUT2D eigenvalue weighted by molar-refractivity contribution is 5.08. The summed E-state index contributed by atoms with van der Waals surface area (Å²) >= 11 is 0. The molecule has 0 saturated heterocycles. The largest absolute Gasteiger partial charge is 0.0625 e. The molecule has 3 fully saturated rings. The van der Waals surface area contributed by atoms with Gasteiger partial charge in [0.2, 0.25) is 0 Å². The van der Waals surface area contributed by atoms with E-state index in [2.05, 4.69) is 20.8 Å². The Morgan fingerprint density at radius 1 is 0.923 bits per heavy atom. The summed E-state index contributed by atoms with van der Waals surface area (Å²) in [6, 6.07) is 0. The Morgan fingerprint density at radius 2 is 1.62 bits per heavy atom. The molecule has 0 nitrogen and oxygen atoms in total. The van der Waals surface area contributed by atoms with E-state index in [1.807, 2.05) is 0 Å².